The number of aryl methyl sites for hydroxylation is 3. The molecule has 0 heterocycles. The fourth-order valence-electron chi connectivity index (χ4n) is 2.84. The molecule has 1 aliphatic rings. The second kappa shape index (κ2) is 5.12. The molecule has 3 rings (SSSR count). The van der Waals surface area contributed by atoms with E-state index in [9.17, 15) is 4.79 Å². The quantitative estimate of drug-likeness (QED) is 0.839. The number of hydrogen-bond donors (Lipinski definition) is 0. The highest BCUT2D eigenvalue weighted by molar-refractivity contribution is 6.00. The second-order valence-corrected chi connectivity index (χ2v) is 5.53. The molecule has 2 heteroatoms. The monoisotopic (exact) mass is 266 g/mol. The van der Waals surface area contributed by atoms with Crippen molar-refractivity contribution >= 4 is 5.78 Å². The van der Waals surface area contributed by atoms with E-state index in [2.05, 4.69) is 32.0 Å². The van der Waals surface area contributed by atoms with Gasteiger partial charge in [-0.3, -0.25) is 4.79 Å². The predicted molar refractivity (Wildman–Crippen MR) is 79.3 cm³/mol. The van der Waals surface area contributed by atoms with Crippen molar-refractivity contribution in [1.82, 2.24) is 0 Å². The third-order valence-corrected chi connectivity index (χ3v) is 3.69. The van der Waals surface area contributed by atoms with Gasteiger partial charge in [-0.1, -0.05) is 29.3 Å². The largest absolute Gasteiger partial charge is 0.489 e. The summed E-state index contributed by atoms with van der Waals surface area (Å²) in [5, 5.41) is 0. The third-order valence-electron chi connectivity index (χ3n) is 3.69. The van der Waals surface area contributed by atoms with Crippen molar-refractivity contribution in [3.63, 3.8) is 0 Å². The van der Waals surface area contributed by atoms with Crippen molar-refractivity contribution in [2.75, 3.05) is 0 Å². The Bertz CT molecular complexity index is 651. The minimum atomic E-state index is 0.251. The summed E-state index contributed by atoms with van der Waals surface area (Å²) in [6.07, 6.45) is 1.48. The molecule has 0 spiro atoms. The number of hydrogen-bond acceptors (Lipinski definition) is 2. The van der Waals surface area contributed by atoms with Gasteiger partial charge in [0.05, 0.1) is 0 Å². The fraction of sp³-hybridized carbons (Fsp3) is 0.278. The maximum Gasteiger partial charge on any atom is 0.163 e. The highest BCUT2D eigenvalue weighted by Gasteiger charge is 2.19. The van der Waals surface area contributed by atoms with Crippen LogP contribution in [0.25, 0.3) is 0 Å². The molecule has 0 atom stereocenters. The Kier molecular flexibility index (Phi) is 3.31. The number of Topliss-reactive ketones (excluding diaryl/α,β-unsaturated/α-hetero) is 1. The van der Waals surface area contributed by atoms with E-state index in [4.69, 9.17) is 4.74 Å². The van der Waals surface area contributed by atoms with Gasteiger partial charge in [-0.2, -0.15) is 0 Å². The smallest absolute Gasteiger partial charge is 0.163 e. The molecular weight excluding hydrogens is 248 g/mol. The van der Waals surface area contributed by atoms with Gasteiger partial charge in [-0.25, -0.2) is 0 Å². The first-order chi connectivity index (χ1) is 9.61. The topological polar surface area (TPSA) is 26.3 Å². The van der Waals surface area contributed by atoms with Crippen molar-refractivity contribution in [2.24, 2.45) is 0 Å². The Labute approximate surface area is 119 Å². The number of ether oxygens (including phenoxy) is 1. The number of carbonyl (C=O) groups excluding carboxylic acids is 1. The lowest BCUT2D eigenvalue weighted by molar-refractivity contribution is 0.0994. The number of ketones is 1. The highest BCUT2D eigenvalue weighted by Crippen LogP contribution is 2.26. The number of benzene rings is 2. The molecule has 2 nitrogen and oxygen atoms in total. The first-order valence-corrected chi connectivity index (χ1v) is 6.98. The Morgan fingerprint density at radius 1 is 1.00 bits per heavy atom. The molecule has 0 bridgehead atoms. The zero-order chi connectivity index (χ0) is 14.1. The van der Waals surface area contributed by atoms with Gasteiger partial charge in [0, 0.05) is 12.0 Å². The highest BCUT2D eigenvalue weighted by atomic mass is 16.5. The Morgan fingerprint density at radius 2 is 1.75 bits per heavy atom. The molecule has 2 aromatic rings. The Morgan fingerprint density at radius 3 is 2.50 bits per heavy atom. The summed E-state index contributed by atoms with van der Waals surface area (Å²) in [6, 6.07) is 12.2. The molecular formula is C18H18O2. The van der Waals surface area contributed by atoms with Gasteiger partial charge in [0.15, 0.2) is 5.78 Å². The second-order valence-electron chi connectivity index (χ2n) is 5.53. The van der Waals surface area contributed by atoms with E-state index in [-0.39, 0.29) is 5.78 Å². The van der Waals surface area contributed by atoms with Crippen molar-refractivity contribution < 1.29 is 9.53 Å². The van der Waals surface area contributed by atoms with Gasteiger partial charge in [-0.05, 0) is 49.6 Å². The van der Waals surface area contributed by atoms with E-state index < -0.39 is 0 Å². The molecule has 102 valence electrons. The van der Waals surface area contributed by atoms with Crippen LogP contribution in [0, 0.1) is 13.8 Å². The molecule has 0 N–H and O–H groups in total. The zero-order valence-corrected chi connectivity index (χ0v) is 11.9. The SMILES string of the molecule is Cc1cc(C)cc(COc2ccc3c(c2)CCC3=O)c1. The number of rotatable bonds is 3. The van der Waals surface area contributed by atoms with Gasteiger partial charge in [0.1, 0.15) is 12.4 Å². The van der Waals surface area contributed by atoms with Crippen LogP contribution < -0.4 is 4.74 Å². The van der Waals surface area contributed by atoms with Gasteiger partial charge in [0.25, 0.3) is 0 Å². The van der Waals surface area contributed by atoms with Crippen LogP contribution in [-0.2, 0) is 13.0 Å². The summed E-state index contributed by atoms with van der Waals surface area (Å²) in [5.41, 5.74) is 5.67. The minimum absolute atomic E-state index is 0.251. The Hall–Kier alpha value is -2.09. The van der Waals surface area contributed by atoms with E-state index in [0.29, 0.717) is 13.0 Å². The molecule has 0 saturated carbocycles. The standard InChI is InChI=1S/C18H18O2/c1-12-7-13(2)9-14(8-12)11-20-16-4-5-17-15(10-16)3-6-18(17)19/h4-5,7-10H,3,6,11H2,1-2H3. The molecule has 0 saturated heterocycles. The molecule has 0 amide bonds. The summed E-state index contributed by atoms with van der Waals surface area (Å²) < 4.78 is 5.85. The molecule has 2 aromatic carbocycles. The van der Waals surface area contributed by atoms with Crippen molar-refractivity contribution in [2.45, 2.75) is 33.3 Å². The molecule has 0 aromatic heterocycles. The van der Waals surface area contributed by atoms with Crippen LogP contribution in [0.15, 0.2) is 36.4 Å². The predicted octanol–water partition coefficient (Wildman–Crippen LogP) is 4.01. The van der Waals surface area contributed by atoms with Crippen LogP contribution >= 0.6 is 0 Å². The molecule has 1 aliphatic carbocycles. The first kappa shape index (κ1) is 12.9. The summed E-state index contributed by atoms with van der Waals surface area (Å²) in [5.74, 6) is 1.10. The molecule has 0 unspecified atom stereocenters. The van der Waals surface area contributed by atoms with E-state index in [1.807, 2.05) is 18.2 Å². The van der Waals surface area contributed by atoms with Crippen LogP contribution in [0.2, 0.25) is 0 Å². The van der Waals surface area contributed by atoms with Crippen LogP contribution in [-0.4, -0.2) is 5.78 Å². The fourth-order valence-corrected chi connectivity index (χ4v) is 2.84. The van der Waals surface area contributed by atoms with Crippen molar-refractivity contribution in [3.05, 3.63) is 64.2 Å². The van der Waals surface area contributed by atoms with E-state index in [0.717, 1.165) is 23.3 Å². The molecule has 0 fully saturated rings. The van der Waals surface area contributed by atoms with Gasteiger partial charge < -0.3 is 4.74 Å². The Balaban J connectivity index is 1.74. The normalized spacial score (nSPS) is 13.4. The lowest BCUT2D eigenvalue weighted by Crippen LogP contribution is -1.98. The first-order valence-electron chi connectivity index (χ1n) is 6.98. The van der Waals surface area contributed by atoms with E-state index >= 15 is 0 Å². The molecule has 20 heavy (non-hydrogen) atoms. The number of carbonyl (C=O) groups is 1. The van der Waals surface area contributed by atoms with Crippen LogP contribution in [0.5, 0.6) is 5.75 Å². The van der Waals surface area contributed by atoms with Gasteiger partial charge >= 0.3 is 0 Å². The summed E-state index contributed by atoms with van der Waals surface area (Å²) in [7, 11) is 0. The van der Waals surface area contributed by atoms with Gasteiger partial charge in [0.2, 0.25) is 0 Å². The van der Waals surface area contributed by atoms with Gasteiger partial charge in [-0.15, -0.1) is 0 Å². The van der Waals surface area contributed by atoms with Crippen LogP contribution in [0.4, 0.5) is 0 Å². The summed E-state index contributed by atoms with van der Waals surface area (Å²) in [4.78, 5) is 11.6. The molecule has 0 radical (unpaired) electrons. The van der Waals surface area contributed by atoms with E-state index in [1.165, 1.54) is 16.7 Å². The van der Waals surface area contributed by atoms with Crippen molar-refractivity contribution in [3.8, 4) is 5.75 Å². The van der Waals surface area contributed by atoms with E-state index in [1.54, 1.807) is 0 Å². The van der Waals surface area contributed by atoms with Crippen molar-refractivity contribution in [1.29, 1.82) is 0 Å². The average molecular weight is 266 g/mol. The zero-order valence-electron chi connectivity index (χ0n) is 11.9. The molecule has 0 aliphatic heterocycles. The maximum atomic E-state index is 11.6. The van der Waals surface area contributed by atoms with Crippen LogP contribution in [0.1, 0.15) is 39.0 Å². The number of fused-ring (bicyclic) bond motifs is 1. The maximum absolute atomic E-state index is 11.6. The lowest BCUT2D eigenvalue weighted by atomic mass is 10.1. The lowest BCUT2D eigenvalue weighted by Gasteiger charge is -2.09. The third kappa shape index (κ3) is 2.60. The van der Waals surface area contributed by atoms with Crippen LogP contribution in [0.3, 0.4) is 0 Å². The minimum Gasteiger partial charge on any atom is -0.489 e. The average Bonchev–Trinajstić information content (AvgIpc) is 2.77. The summed E-state index contributed by atoms with van der Waals surface area (Å²) >= 11 is 0. The summed E-state index contributed by atoms with van der Waals surface area (Å²) in [6.45, 7) is 4.75.